The Bertz CT molecular complexity index is 671. The maximum atomic E-state index is 12.8. The molecule has 0 bridgehead atoms. The van der Waals surface area contributed by atoms with Crippen molar-refractivity contribution in [3.05, 3.63) is 29.8 Å². The average Bonchev–Trinajstić information content (AvgIpc) is 2.69. The van der Waals surface area contributed by atoms with Gasteiger partial charge >= 0.3 is 0 Å². The Kier molecular flexibility index (Phi) is 6.14. The molecule has 1 aromatic rings. The summed E-state index contributed by atoms with van der Waals surface area (Å²) in [5.74, 6) is 0.00353. The van der Waals surface area contributed by atoms with Crippen molar-refractivity contribution in [2.45, 2.75) is 38.5 Å². The van der Waals surface area contributed by atoms with Crippen LogP contribution in [0.5, 0.6) is 0 Å². The van der Waals surface area contributed by atoms with Gasteiger partial charge in [0.25, 0.3) is 0 Å². The van der Waals surface area contributed by atoms with Gasteiger partial charge in [-0.25, -0.2) is 18.2 Å². The summed E-state index contributed by atoms with van der Waals surface area (Å²) in [5, 5.41) is 0. The van der Waals surface area contributed by atoms with E-state index in [1.807, 2.05) is 6.92 Å². The summed E-state index contributed by atoms with van der Waals surface area (Å²) < 4.78 is 27.0. The summed E-state index contributed by atoms with van der Waals surface area (Å²) in [6.45, 7) is 6.53. The number of Topliss-reactive ketones (excluding diaryl/α,β-unsaturated/α-hetero) is 1. The van der Waals surface area contributed by atoms with E-state index in [1.54, 1.807) is 38.1 Å². The molecular formula is C17H25NO5S. The fourth-order valence-electron chi connectivity index (χ4n) is 2.66. The first-order chi connectivity index (χ1) is 11.3. The highest BCUT2D eigenvalue weighted by Crippen LogP contribution is 2.30. The lowest BCUT2D eigenvalue weighted by atomic mass is 9.83. The molecule has 2 rings (SSSR count). The third-order valence-corrected chi connectivity index (χ3v) is 6.32. The second kappa shape index (κ2) is 7.74. The van der Waals surface area contributed by atoms with Gasteiger partial charge in [0.15, 0.2) is 0 Å². The number of carbonyl (C=O) groups excluding carboxylic acids is 1. The molecule has 1 fully saturated rings. The first-order valence-electron chi connectivity index (χ1n) is 8.14. The van der Waals surface area contributed by atoms with E-state index in [-0.39, 0.29) is 36.8 Å². The van der Waals surface area contributed by atoms with Crippen LogP contribution >= 0.6 is 0 Å². The number of hydrogen-bond donors (Lipinski definition) is 0. The predicted molar refractivity (Wildman–Crippen MR) is 89.9 cm³/mol. The van der Waals surface area contributed by atoms with Crippen molar-refractivity contribution in [3.63, 3.8) is 0 Å². The van der Waals surface area contributed by atoms with E-state index in [0.717, 1.165) is 5.56 Å². The number of ketones is 1. The molecule has 1 saturated heterocycles. The number of nitrogens with zero attached hydrogens (tertiary/aromatic N) is 1. The van der Waals surface area contributed by atoms with Crippen LogP contribution in [0.15, 0.2) is 29.2 Å². The Morgan fingerprint density at radius 3 is 2.46 bits per heavy atom. The van der Waals surface area contributed by atoms with Crippen LogP contribution in [-0.4, -0.2) is 44.8 Å². The van der Waals surface area contributed by atoms with Gasteiger partial charge in [-0.3, -0.25) is 4.79 Å². The van der Waals surface area contributed by atoms with Gasteiger partial charge in [0.2, 0.25) is 10.0 Å². The zero-order valence-electron chi connectivity index (χ0n) is 14.4. The van der Waals surface area contributed by atoms with E-state index in [1.165, 1.54) is 4.31 Å². The minimum atomic E-state index is -3.59. The lowest BCUT2D eigenvalue weighted by Crippen LogP contribution is -2.34. The van der Waals surface area contributed by atoms with E-state index < -0.39 is 15.4 Å². The van der Waals surface area contributed by atoms with Gasteiger partial charge in [-0.05, 0) is 32.4 Å². The Balaban J connectivity index is 2.14. The Morgan fingerprint density at radius 2 is 1.83 bits per heavy atom. The Hall–Kier alpha value is -1.28. The molecule has 1 aromatic carbocycles. The minimum Gasteiger partial charge on any atom is -0.299 e. The van der Waals surface area contributed by atoms with Crippen molar-refractivity contribution in [2.24, 2.45) is 5.41 Å². The van der Waals surface area contributed by atoms with Crippen LogP contribution in [0.1, 0.15) is 32.3 Å². The minimum absolute atomic E-state index is 0.00353. The van der Waals surface area contributed by atoms with Gasteiger partial charge in [-0.15, -0.1) is 0 Å². The zero-order chi connectivity index (χ0) is 17.8. The zero-order valence-corrected chi connectivity index (χ0v) is 15.3. The summed E-state index contributed by atoms with van der Waals surface area (Å²) in [6, 6.07) is 6.76. The molecule has 0 saturated carbocycles. The molecule has 0 amide bonds. The van der Waals surface area contributed by atoms with Crippen molar-refractivity contribution in [3.8, 4) is 0 Å². The molecule has 134 valence electrons. The van der Waals surface area contributed by atoms with Gasteiger partial charge < -0.3 is 0 Å². The van der Waals surface area contributed by atoms with E-state index in [0.29, 0.717) is 13.0 Å². The van der Waals surface area contributed by atoms with Crippen molar-refractivity contribution < 1.29 is 23.0 Å². The molecule has 24 heavy (non-hydrogen) atoms. The van der Waals surface area contributed by atoms with E-state index in [4.69, 9.17) is 9.78 Å². The molecule has 1 aliphatic heterocycles. The highest BCUT2D eigenvalue weighted by Gasteiger charge is 2.39. The Labute approximate surface area is 143 Å². The van der Waals surface area contributed by atoms with Crippen LogP contribution in [-0.2, 0) is 24.6 Å². The third-order valence-electron chi connectivity index (χ3n) is 4.41. The smallest absolute Gasteiger partial charge is 0.243 e. The van der Waals surface area contributed by atoms with Crippen LogP contribution in [0.25, 0.3) is 0 Å². The van der Waals surface area contributed by atoms with Gasteiger partial charge in [0.05, 0.1) is 23.5 Å². The van der Waals surface area contributed by atoms with E-state index in [2.05, 4.69) is 0 Å². The molecule has 0 aliphatic carbocycles. The molecule has 1 aliphatic rings. The second-order valence-corrected chi connectivity index (χ2v) is 8.31. The Morgan fingerprint density at radius 1 is 1.17 bits per heavy atom. The summed E-state index contributed by atoms with van der Waals surface area (Å²) in [6.07, 6.45) is 0.584. The molecule has 0 radical (unpaired) electrons. The monoisotopic (exact) mass is 355 g/mol. The third kappa shape index (κ3) is 4.22. The molecule has 7 heteroatoms. The van der Waals surface area contributed by atoms with Gasteiger partial charge in [-0.1, -0.05) is 24.6 Å². The number of sulfonamides is 1. The fourth-order valence-corrected chi connectivity index (χ4v) is 4.10. The molecule has 1 atom stereocenters. The predicted octanol–water partition coefficient (Wildman–Crippen LogP) is 2.32. The first-order valence-corrected chi connectivity index (χ1v) is 9.58. The molecule has 1 heterocycles. The van der Waals surface area contributed by atoms with Crippen LogP contribution < -0.4 is 0 Å². The van der Waals surface area contributed by atoms with Gasteiger partial charge in [-0.2, -0.15) is 4.31 Å². The summed E-state index contributed by atoms with van der Waals surface area (Å²) in [5.41, 5.74) is 0.271. The van der Waals surface area contributed by atoms with Crippen molar-refractivity contribution >= 4 is 15.8 Å². The maximum Gasteiger partial charge on any atom is 0.243 e. The standard InChI is InChI=1S/C17H25NO5S/c1-4-22-23-13-17(3)10-12-18(11-9-16(17)19)24(20,21)15-7-5-14(2)6-8-15/h5-8H,4,9-13H2,1-3H3. The second-order valence-electron chi connectivity index (χ2n) is 6.37. The van der Waals surface area contributed by atoms with Crippen molar-refractivity contribution in [1.29, 1.82) is 0 Å². The van der Waals surface area contributed by atoms with E-state index >= 15 is 0 Å². The van der Waals surface area contributed by atoms with Gasteiger partial charge in [0.1, 0.15) is 5.78 Å². The number of aryl methyl sites for hydroxylation is 1. The topological polar surface area (TPSA) is 72.9 Å². The number of carbonyl (C=O) groups is 1. The lowest BCUT2D eigenvalue weighted by Gasteiger charge is -2.25. The molecule has 0 spiro atoms. The average molecular weight is 355 g/mol. The molecular weight excluding hydrogens is 330 g/mol. The normalized spacial score (nSPS) is 23.2. The molecule has 0 N–H and O–H groups in total. The number of benzene rings is 1. The first kappa shape index (κ1) is 19.1. The van der Waals surface area contributed by atoms with Crippen LogP contribution in [0, 0.1) is 12.3 Å². The highest BCUT2D eigenvalue weighted by molar-refractivity contribution is 7.89. The summed E-state index contributed by atoms with van der Waals surface area (Å²) in [7, 11) is -3.59. The maximum absolute atomic E-state index is 12.8. The largest absolute Gasteiger partial charge is 0.299 e. The summed E-state index contributed by atoms with van der Waals surface area (Å²) in [4.78, 5) is 22.6. The number of rotatable bonds is 6. The quantitative estimate of drug-likeness (QED) is 0.445. The summed E-state index contributed by atoms with van der Waals surface area (Å²) >= 11 is 0. The van der Waals surface area contributed by atoms with Crippen molar-refractivity contribution in [1.82, 2.24) is 4.31 Å². The lowest BCUT2D eigenvalue weighted by molar-refractivity contribution is -0.303. The van der Waals surface area contributed by atoms with Crippen LogP contribution in [0.2, 0.25) is 0 Å². The van der Waals surface area contributed by atoms with Crippen LogP contribution in [0.4, 0.5) is 0 Å². The SMILES string of the molecule is CCOOCC1(C)CCN(S(=O)(=O)c2ccc(C)cc2)CCC1=O. The van der Waals surface area contributed by atoms with Gasteiger partial charge in [0, 0.05) is 19.5 Å². The molecule has 0 aromatic heterocycles. The highest BCUT2D eigenvalue weighted by atomic mass is 32.2. The molecule has 6 nitrogen and oxygen atoms in total. The fraction of sp³-hybridized carbons (Fsp3) is 0.588. The van der Waals surface area contributed by atoms with Crippen molar-refractivity contribution in [2.75, 3.05) is 26.3 Å². The number of hydrogen-bond acceptors (Lipinski definition) is 5. The molecule has 1 unspecified atom stereocenters. The van der Waals surface area contributed by atoms with Crippen LogP contribution in [0.3, 0.4) is 0 Å². The van der Waals surface area contributed by atoms with E-state index in [9.17, 15) is 13.2 Å².